The van der Waals surface area contributed by atoms with Gasteiger partial charge in [-0.3, -0.25) is 4.79 Å². The van der Waals surface area contributed by atoms with E-state index in [4.69, 9.17) is 9.84 Å². The molecule has 2 heterocycles. The number of aliphatic hydroxyl groups excluding tert-OH is 1. The first-order valence-electron chi connectivity index (χ1n) is 12.3. The lowest BCUT2D eigenvalue weighted by molar-refractivity contribution is -0.137. The number of thioether (sulfide) groups is 1. The Morgan fingerprint density at radius 2 is 1.97 bits per heavy atom. The number of rotatable bonds is 16. The van der Waals surface area contributed by atoms with Gasteiger partial charge in [0.05, 0.1) is 18.3 Å². The summed E-state index contributed by atoms with van der Waals surface area (Å²) < 4.78 is 6.23. The zero-order valence-electron chi connectivity index (χ0n) is 19.8. The van der Waals surface area contributed by atoms with Crippen LogP contribution < -0.4 is 0 Å². The Balaban J connectivity index is 1.71. The van der Waals surface area contributed by atoms with Gasteiger partial charge in [0.2, 0.25) is 0 Å². The molecular weight excluding hydrogens is 408 g/mol. The third-order valence-electron chi connectivity index (χ3n) is 6.97. The summed E-state index contributed by atoms with van der Waals surface area (Å²) in [5.41, 5.74) is -0.0731. The SMILES string of the molecule is CCCCC(C)(C)C(O)C=C[C@H]1[C@@H](CCSCC=CCCCCC(=O)O)[C@H]2CC[C@@H]1O2. The fourth-order valence-electron chi connectivity index (χ4n) is 4.83. The second kappa shape index (κ2) is 13.7. The highest BCUT2D eigenvalue weighted by Crippen LogP contribution is 2.46. The molecule has 2 rings (SSSR count). The lowest BCUT2D eigenvalue weighted by Crippen LogP contribution is -2.29. The van der Waals surface area contributed by atoms with Crippen LogP contribution in [0.1, 0.15) is 85.0 Å². The lowest BCUT2D eigenvalue weighted by Gasteiger charge is -2.30. The van der Waals surface area contributed by atoms with Gasteiger partial charge in [-0.2, -0.15) is 11.8 Å². The van der Waals surface area contributed by atoms with Crippen molar-refractivity contribution in [3.8, 4) is 0 Å². The van der Waals surface area contributed by atoms with Crippen LogP contribution in [0.5, 0.6) is 0 Å². The number of hydrogen-bond acceptors (Lipinski definition) is 4. The maximum Gasteiger partial charge on any atom is 0.303 e. The molecule has 5 atom stereocenters. The third-order valence-corrected chi connectivity index (χ3v) is 7.92. The molecule has 0 radical (unpaired) electrons. The molecule has 4 nitrogen and oxygen atoms in total. The minimum absolute atomic E-state index is 0.0731. The molecule has 0 aromatic heterocycles. The van der Waals surface area contributed by atoms with Gasteiger partial charge >= 0.3 is 5.97 Å². The number of carboxylic acids is 1. The number of aliphatic carboxylic acids is 1. The molecule has 5 heteroatoms. The van der Waals surface area contributed by atoms with Gasteiger partial charge in [-0.15, -0.1) is 0 Å². The summed E-state index contributed by atoms with van der Waals surface area (Å²) in [6, 6.07) is 0. The van der Waals surface area contributed by atoms with Gasteiger partial charge in [0, 0.05) is 18.1 Å². The number of hydrogen-bond donors (Lipinski definition) is 2. The van der Waals surface area contributed by atoms with E-state index in [1.807, 2.05) is 11.8 Å². The molecule has 0 amide bonds. The van der Waals surface area contributed by atoms with Gasteiger partial charge in [-0.05, 0) is 62.0 Å². The number of carbonyl (C=O) groups is 1. The van der Waals surface area contributed by atoms with Crippen molar-refractivity contribution in [2.75, 3.05) is 11.5 Å². The van der Waals surface area contributed by atoms with Crippen molar-refractivity contribution in [2.45, 2.75) is 103 Å². The van der Waals surface area contributed by atoms with Crippen LogP contribution in [0.25, 0.3) is 0 Å². The van der Waals surface area contributed by atoms with Crippen molar-refractivity contribution < 1.29 is 19.7 Å². The van der Waals surface area contributed by atoms with Crippen LogP contribution in [0.2, 0.25) is 0 Å². The highest BCUT2D eigenvalue weighted by molar-refractivity contribution is 7.99. The zero-order chi connectivity index (χ0) is 22.7. The summed E-state index contributed by atoms with van der Waals surface area (Å²) in [5.74, 6) is 2.47. The summed E-state index contributed by atoms with van der Waals surface area (Å²) in [6.45, 7) is 6.54. The number of unbranched alkanes of at least 4 members (excludes halogenated alkanes) is 3. The molecule has 0 spiro atoms. The van der Waals surface area contributed by atoms with Crippen LogP contribution in [0, 0.1) is 17.3 Å². The molecule has 1 unspecified atom stereocenters. The molecule has 2 aliphatic rings. The zero-order valence-corrected chi connectivity index (χ0v) is 20.6. The van der Waals surface area contributed by atoms with Crippen molar-refractivity contribution in [1.29, 1.82) is 0 Å². The van der Waals surface area contributed by atoms with E-state index in [0.717, 1.165) is 50.0 Å². The highest BCUT2D eigenvalue weighted by Gasteiger charge is 2.47. The van der Waals surface area contributed by atoms with Crippen LogP contribution in [-0.2, 0) is 9.53 Å². The van der Waals surface area contributed by atoms with E-state index in [-0.39, 0.29) is 11.8 Å². The predicted octanol–water partition coefficient (Wildman–Crippen LogP) is 6.24. The summed E-state index contributed by atoms with van der Waals surface area (Å²) in [7, 11) is 0. The average molecular weight is 453 g/mol. The van der Waals surface area contributed by atoms with Gasteiger partial charge in [0.25, 0.3) is 0 Å². The topological polar surface area (TPSA) is 66.8 Å². The van der Waals surface area contributed by atoms with Crippen molar-refractivity contribution in [3.05, 3.63) is 24.3 Å². The maximum absolute atomic E-state index is 10.7. The van der Waals surface area contributed by atoms with Gasteiger partial charge in [-0.1, -0.05) is 57.9 Å². The Hall–Kier alpha value is -0.780. The molecule has 2 aliphatic heterocycles. The van der Waals surface area contributed by atoms with Crippen LogP contribution in [0.4, 0.5) is 0 Å². The molecule has 0 aromatic carbocycles. The molecule has 178 valence electrons. The van der Waals surface area contributed by atoms with Crippen LogP contribution in [0.3, 0.4) is 0 Å². The Labute approximate surface area is 193 Å². The molecule has 2 saturated heterocycles. The first kappa shape index (κ1) is 26.5. The second-order valence-electron chi connectivity index (χ2n) is 9.93. The average Bonchev–Trinajstić information content (AvgIpc) is 3.33. The predicted molar refractivity (Wildman–Crippen MR) is 131 cm³/mol. The van der Waals surface area contributed by atoms with Crippen molar-refractivity contribution >= 4 is 17.7 Å². The number of allylic oxidation sites excluding steroid dienone is 1. The van der Waals surface area contributed by atoms with E-state index in [0.29, 0.717) is 24.0 Å². The smallest absolute Gasteiger partial charge is 0.303 e. The first-order valence-corrected chi connectivity index (χ1v) is 13.5. The Kier molecular flexibility index (Phi) is 11.7. The van der Waals surface area contributed by atoms with E-state index >= 15 is 0 Å². The Bertz CT molecular complexity index is 586. The molecule has 2 fully saturated rings. The van der Waals surface area contributed by atoms with Gasteiger partial charge in [-0.25, -0.2) is 0 Å². The van der Waals surface area contributed by atoms with E-state index in [1.54, 1.807) is 0 Å². The molecule has 2 bridgehead atoms. The molecule has 0 aliphatic carbocycles. The highest BCUT2D eigenvalue weighted by atomic mass is 32.2. The largest absolute Gasteiger partial charge is 0.481 e. The van der Waals surface area contributed by atoms with Crippen molar-refractivity contribution in [2.24, 2.45) is 17.3 Å². The Morgan fingerprint density at radius 3 is 2.71 bits per heavy atom. The van der Waals surface area contributed by atoms with Crippen molar-refractivity contribution in [1.82, 2.24) is 0 Å². The molecule has 31 heavy (non-hydrogen) atoms. The van der Waals surface area contributed by atoms with Crippen LogP contribution >= 0.6 is 11.8 Å². The standard InChI is InChI=1S/C26H44O4S/c1-4-5-17-26(2,3)24(27)15-12-20-21(23-14-13-22(20)30-23)16-19-31-18-10-8-6-7-9-11-25(28)29/h8,10,12,15,20-24,27H,4-7,9,11,13-14,16-19H2,1-3H3,(H,28,29)/t20-,21+,22-,23+,24?/m0/s1. The first-order chi connectivity index (χ1) is 14.8. The molecular formula is C26H44O4S. The third kappa shape index (κ3) is 8.94. The lowest BCUT2D eigenvalue weighted by atomic mass is 9.76. The van der Waals surface area contributed by atoms with E-state index in [2.05, 4.69) is 45.1 Å². The van der Waals surface area contributed by atoms with E-state index < -0.39 is 12.1 Å². The van der Waals surface area contributed by atoms with Gasteiger partial charge < -0.3 is 14.9 Å². The van der Waals surface area contributed by atoms with Gasteiger partial charge in [0.15, 0.2) is 0 Å². The molecule has 0 aromatic rings. The monoisotopic (exact) mass is 452 g/mol. The minimum Gasteiger partial charge on any atom is -0.481 e. The number of aliphatic hydroxyl groups is 1. The Morgan fingerprint density at radius 1 is 1.19 bits per heavy atom. The van der Waals surface area contributed by atoms with Crippen LogP contribution in [-0.4, -0.2) is 46.0 Å². The minimum atomic E-state index is -0.702. The maximum atomic E-state index is 10.7. The molecule has 2 N–H and O–H groups in total. The number of carboxylic acid groups (broad SMARTS) is 1. The van der Waals surface area contributed by atoms with E-state index in [9.17, 15) is 9.90 Å². The number of fused-ring (bicyclic) bond motifs is 2. The quantitative estimate of drug-likeness (QED) is 0.214. The van der Waals surface area contributed by atoms with Gasteiger partial charge in [0.1, 0.15) is 0 Å². The summed E-state index contributed by atoms with van der Waals surface area (Å²) in [6.07, 6.45) is 18.9. The van der Waals surface area contributed by atoms with Crippen molar-refractivity contribution in [3.63, 3.8) is 0 Å². The fourth-order valence-corrected chi connectivity index (χ4v) is 5.70. The summed E-state index contributed by atoms with van der Waals surface area (Å²) >= 11 is 1.97. The van der Waals surface area contributed by atoms with Crippen LogP contribution in [0.15, 0.2) is 24.3 Å². The number of ether oxygens (including phenoxy) is 1. The molecule has 0 saturated carbocycles. The van der Waals surface area contributed by atoms with E-state index in [1.165, 1.54) is 19.3 Å². The summed E-state index contributed by atoms with van der Waals surface area (Å²) in [4.78, 5) is 10.5. The summed E-state index contributed by atoms with van der Waals surface area (Å²) in [5, 5.41) is 19.4. The second-order valence-corrected chi connectivity index (χ2v) is 11.1. The normalized spacial score (nSPS) is 27.0. The fraction of sp³-hybridized carbons (Fsp3) is 0.808.